The van der Waals surface area contributed by atoms with Crippen LogP contribution in [0, 0.1) is 11.7 Å². The maximum atomic E-state index is 5.42. The first-order chi connectivity index (χ1) is 9.56. The van der Waals surface area contributed by atoms with Crippen LogP contribution in [0.15, 0.2) is 36.4 Å². The molecule has 4 nitrogen and oxygen atoms in total. The molecule has 20 heavy (non-hydrogen) atoms. The van der Waals surface area contributed by atoms with E-state index in [9.17, 15) is 0 Å². The van der Waals surface area contributed by atoms with Crippen LogP contribution in [0.3, 0.4) is 0 Å². The number of rotatable bonds is 2. The molecular weight excluding hydrogens is 268 g/mol. The van der Waals surface area contributed by atoms with Crippen molar-refractivity contribution < 1.29 is 0 Å². The smallest absolute Gasteiger partial charge is 0.183 e. The summed E-state index contributed by atoms with van der Waals surface area (Å²) in [5.74, 6) is 0. The number of aromatic nitrogens is 3. The molecule has 0 spiro atoms. The van der Waals surface area contributed by atoms with Crippen LogP contribution in [0.4, 0.5) is 5.69 Å². The molecule has 0 unspecified atom stereocenters. The van der Waals surface area contributed by atoms with Crippen molar-refractivity contribution in [3.05, 3.63) is 46.9 Å². The zero-order valence-corrected chi connectivity index (χ0v) is 12.5. The average Bonchev–Trinajstić information content (AvgIpc) is 2.74. The predicted molar refractivity (Wildman–Crippen MR) is 85.3 cm³/mol. The van der Waals surface area contributed by atoms with Gasteiger partial charge >= 0.3 is 0 Å². The molecule has 0 bridgehead atoms. The summed E-state index contributed by atoms with van der Waals surface area (Å²) >= 11 is 5.42. The molecule has 0 aliphatic heterocycles. The zero-order chi connectivity index (χ0) is 14.3. The Morgan fingerprint density at radius 2 is 1.80 bits per heavy atom. The van der Waals surface area contributed by atoms with E-state index in [-0.39, 0.29) is 0 Å². The van der Waals surface area contributed by atoms with Crippen molar-refractivity contribution in [2.45, 2.75) is 6.92 Å². The van der Waals surface area contributed by atoms with E-state index in [0.717, 1.165) is 28.2 Å². The molecule has 0 atom stereocenters. The van der Waals surface area contributed by atoms with Gasteiger partial charge in [-0.3, -0.25) is 4.57 Å². The second-order valence-electron chi connectivity index (χ2n) is 5.00. The van der Waals surface area contributed by atoms with Crippen molar-refractivity contribution in [2.75, 3.05) is 19.0 Å². The molecule has 0 aliphatic carbocycles. The molecule has 1 aromatic carbocycles. The highest BCUT2D eigenvalue weighted by Crippen LogP contribution is 2.20. The Balaban J connectivity index is 2.21. The molecule has 0 saturated carbocycles. The molecular formula is C15H16N4S. The zero-order valence-electron chi connectivity index (χ0n) is 11.7. The summed E-state index contributed by atoms with van der Waals surface area (Å²) in [5, 5.41) is 0. The maximum Gasteiger partial charge on any atom is 0.183 e. The third kappa shape index (κ3) is 2.10. The fourth-order valence-electron chi connectivity index (χ4n) is 2.22. The lowest BCUT2D eigenvalue weighted by atomic mass is 10.2. The summed E-state index contributed by atoms with van der Waals surface area (Å²) in [6.45, 7) is 1.98. The minimum absolute atomic E-state index is 0.663. The van der Waals surface area contributed by atoms with Gasteiger partial charge in [0.25, 0.3) is 0 Å². The summed E-state index contributed by atoms with van der Waals surface area (Å²) in [6.07, 6.45) is 0. The number of fused-ring (bicyclic) bond motifs is 1. The van der Waals surface area contributed by atoms with Gasteiger partial charge in [-0.1, -0.05) is 0 Å². The second kappa shape index (κ2) is 4.76. The van der Waals surface area contributed by atoms with E-state index in [1.54, 1.807) is 0 Å². The molecule has 2 heterocycles. The van der Waals surface area contributed by atoms with Gasteiger partial charge < -0.3 is 9.88 Å². The fourth-order valence-corrected chi connectivity index (χ4v) is 2.52. The number of anilines is 1. The Morgan fingerprint density at radius 1 is 1.10 bits per heavy atom. The minimum Gasteiger partial charge on any atom is -0.378 e. The number of benzene rings is 1. The van der Waals surface area contributed by atoms with E-state index in [2.05, 4.69) is 39.1 Å². The summed E-state index contributed by atoms with van der Waals surface area (Å²) in [7, 11) is 4.05. The number of imidazole rings is 1. The van der Waals surface area contributed by atoms with Crippen LogP contribution in [0.1, 0.15) is 5.69 Å². The topological polar surface area (TPSA) is 36.9 Å². The quantitative estimate of drug-likeness (QED) is 0.732. The first kappa shape index (κ1) is 12.9. The summed E-state index contributed by atoms with van der Waals surface area (Å²) in [6, 6.07) is 12.3. The number of nitrogens with zero attached hydrogens (tertiary/aromatic N) is 3. The maximum absolute atomic E-state index is 5.42. The monoisotopic (exact) mass is 284 g/mol. The summed E-state index contributed by atoms with van der Waals surface area (Å²) in [4.78, 5) is 9.85. The highest BCUT2D eigenvalue weighted by molar-refractivity contribution is 7.71. The molecule has 3 aromatic rings. The molecule has 5 heteroatoms. The van der Waals surface area contributed by atoms with E-state index in [1.807, 2.05) is 37.7 Å². The Bertz CT molecular complexity index is 812. The SMILES string of the molecule is Cc1ccc2[nH]c(=S)n(-c3ccc(N(C)C)cc3)c2n1. The lowest BCUT2D eigenvalue weighted by Crippen LogP contribution is -2.08. The van der Waals surface area contributed by atoms with Crippen LogP contribution in [-0.2, 0) is 0 Å². The van der Waals surface area contributed by atoms with Gasteiger partial charge in [-0.25, -0.2) is 4.98 Å². The van der Waals surface area contributed by atoms with Crippen molar-refractivity contribution in [1.29, 1.82) is 0 Å². The van der Waals surface area contributed by atoms with Gasteiger partial charge in [-0.2, -0.15) is 0 Å². The largest absolute Gasteiger partial charge is 0.378 e. The number of hydrogen-bond acceptors (Lipinski definition) is 3. The molecule has 1 N–H and O–H groups in total. The van der Waals surface area contributed by atoms with Crippen molar-refractivity contribution in [3.63, 3.8) is 0 Å². The van der Waals surface area contributed by atoms with Crippen LogP contribution < -0.4 is 4.90 Å². The number of hydrogen-bond donors (Lipinski definition) is 1. The number of pyridine rings is 1. The molecule has 0 aliphatic rings. The summed E-state index contributed by atoms with van der Waals surface area (Å²) < 4.78 is 2.63. The van der Waals surface area contributed by atoms with Crippen LogP contribution >= 0.6 is 12.2 Å². The van der Waals surface area contributed by atoms with Gasteiger partial charge in [0.05, 0.1) is 11.2 Å². The standard InChI is InChI=1S/C15H16N4S/c1-10-4-9-13-14(16-10)19(15(20)17-13)12-7-5-11(6-8-12)18(2)3/h4-9H,1-3H3,(H,17,20). The fraction of sp³-hybridized carbons (Fsp3) is 0.200. The average molecular weight is 284 g/mol. The van der Waals surface area contributed by atoms with Crippen LogP contribution in [0.2, 0.25) is 0 Å². The van der Waals surface area contributed by atoms with Gasteiger partial charge in [0.2, 0.25) is 0 Å². The van der Waals surface area contributed by atoms with Crippen LogP contribution in [0.5, 0.6) is 0 Å². The molecule has 0 saturated heterocycles. The van der Waals surface area contributed by atoms with Crippen molar-refractivity contribution >= 4 is 29.1 Å². The molecule has 0 fully saturated rings. The number of H-pyrrole nitrogens is 1. The Morgan fingerprint density at radius 3 is 2.45 bits per heavy atom. The van der Waals surface area contributed by atoms with Crippen molar-refractivity contribution in [2.24, 2.45) is 0 Å². The Kier molecular flexibility index (Phi) is 3.06. The number of aromatic amines is 1. The van der Waals surface area contributed by atoms with E-state index >= 15 is 0 Å². The van der Waals surface area contributed by atoms with Gasteiger partial charge in [0.1, 0.15) is 0 Å². The predicted octanol–water partition coefficient (Wildman–Crippen LogP) is 3.46. The highest BCUT2D eigenvalue weighted by Gasteiger charge is 2.08. The van der Waals surface area contributed by atoms with Gasteiger partial charge in [-0.15, -0.1) is 0 Å². The third-order valence-electron chi connectivity index (χ3n) is 3.30. The Hall–Kier alpha value is -2.14. The van der Waals surface area contributed by atoms with Gasteiger partial charge in [0, 0.05) is 25.5 Å². The first-order valence-corrected chi connectivity index (χ1v) is 6.83. The first-order valence-electron chi connectivity index (χ1n) is 6.42. The molecule has 0 amide bonds. The van der Waals surface area contributed by atoms with E-state index in [1.165, 1.54) is 0 Å². The van der Waals surface area contributed by atoms with E-state index in [4.69, 9.17) is 12.2 Å². The van der Waals surface area contributed by atoms with Crippen LogP contribution in [0.25, 0.3) is 16.9 Å². The van der Waals surface area contributed by atoms with Gasteiger partial charge in [0.15, 0.2) is 10.4 Å². The second-order valence-corrected chi connectivity index (χ2v) is 5.39. The van der Waals surface area contributed by atoms with E-state index in [0.29, 0.717) is 4.77 Å². The van der Waals surface area contributed by atoms with Crippen molar-refractivity contribution in [3.8, 4) is 5.69 Å². The molecule has 102 valence electrons. The molecule has 3 rings (SSSR count). The highest BCUT2D eigenvalue weighted by atomic mass is 32.1. The third-order valence-corrected chi connectivity index (χ3v) is 3.58. The minimum atomic E-state index is 0.663. The van der Waals surface area contributed by atoms with Crippen molar-refractivity contribution in [1.82, 2.24) is 14.5 Å². The lowest BCUT2D eigenvalue weighted by molar-refractivity contribution is 1.03. The van der Waals surface area contributed by atoms with Crippen LogP contribution in [-0.4, -0.2) is 28.6 Å². The van der Waals surface area contributed by atoms with E-state index < -0.39 is 0 Å². The van der Waals surface area contributed by atoms with Gasteiger partial charge in [-0.05, 0) is 55.5 Å². The summed E-state index contributed by atoms with van der Waals surface area (Å²) in [5.41, 5.74) is 4.98. The normalized spacial score (nSPS) is 10.9. The number of nitrogens with one attached hydrogen (secondary N) is 1. The lowest BCUT2D eigenvalue weighted by Gasteiger charge is -2.13. The molecule has 0 radical (unpaired) electrons. The Labute approximate surface area is 122 Å². The molecule has 2 aromatic heterocycles. The number of aryl methyl sites for hydroxylation is 1.